The number of nitroso groups, excluding NO2 is 1. The molecule has 1 unspecified atom stereocenters. The van der Waals surface area contributed by atoms with Crippen molar-refractivity contribution < 1.29 is 9.53 Å². The van der Waals surface area contributed by atoms with Crippen LogP contribution < -0.4 is 5.32 Å². The van der Waals surface area contributed by atoms with Crippen LogP contribution in [-0.4, -0.2) is 36.4 Å². The van der Waals surface area contributed by atoms with Crippen molar-refractivity contribution >= 4 is 52.5 Å². The lowest BCUT2D eigenvalue weighted by Gasteiger charge is -2.34. The van der Waals surface area contributed by atoms with Crippen molar-refractivity contribution in [3.05, 3.63) is 63.0 Å². The number of likely N-dealkylation sites (N-methyl/N-ethyl adjacent to an activating group) is 1. The van der Waals surface area contributed by atoms with E-state index >= 15 is 0 Å². The van der Waals surface area contributed by atoms with Gasteiger partial charge in [-0.1, -0.05) is 66.7 Å². The van der Waals surface area contributed by atoms with Crippen molar-refractivity contribution in [1.82, 2.24) is 4.90 Å². The quantitative estimate of drug-likeness (QED) is 0.151. The van der Waals surface area contributed by atoms with E-state index in [0.29, 0.717) is 28.2 Å². The van der Waals surface area contributed by atoms with Crippen LogP contribution >= 0.6 is 35.1 Å². The van der Waals surface area contributed by atoms with E-state index < -0.39 is 0 Å². The molecule has 0 bridgehead atoms. The number of carbonyl (C=O) groups is 1. The minimum Gasteiger partial charge on any atom is -0.464 e. The summed E-state index contributed by atoms with van der Waals surface area (Å²) < 4.78 is 8.59. The molecule has 2 aromatic rings. The van der Waals surface area contributed by atoms with Gasteiger partial charge in [0.2, 0.25) is 0 Å². The Kier molecular flexibility index (Phi) is 10.3. The summed E-state index contributed by atoms with van der Waals surface area (Å²) in [5, 5.41) is 4.25. The van der Waals surface area contributed by atoms with Gasteiger partial charge in [-0.2, -0.15) is 0 Å². The zero-order valence-corrected chi connectivity index (χ0v) is 21.0. The summed E-state index contributed by atoms with van der Waals surface area (Å²) in [6.07, 6.45) is 5.97. The molecule has 0 radical (unpaired) electrons. The van der Waals surface area contributed by atoms with E-state index in [1.54, 1.807) is 18.2 Å². The Labute approximate surface area is 209 Å². The minimum atomic E-state index is -0.321. The van der Waals surface area contributed by atoms with Gasteiger partial charge in [0.05, 0.1) is 27.5 Å². The molecule has 1 fully saturated rings. The van der Waals surface area contributed by atoms with Gasteiger partial charge in [-0.05, 0) is 49.6 Å². The van der Waals surface area contributed by atoms with E-state index in [2.05, 4.69) is 14.8 Å². The monoisotopic (exact) mass is 509 g/mol. The Morgan fingerprint density at radius 3 is 2.55 bits per heavy atom. The standard InChI is InChI=1S/C24H29Cl2N3O3S/c1-29(24(33-28-31)17-8-3-2-4-9-17)14-15-32-22(30)16-18-10-5-6-13-21(18)27-23-19(25)11-7-12-20(23)26/h5-7,10-13,17,24,27H,2-4,8-9,14-16H2,1H3. The lowest BCUT2D eigenvalue weighted by Crippen LogP contribution is -2.38. The molecule has 6 nitrogen and oxygen atoms in total. The van der Waals surface area contributed by atoms with E-state index in [1.165, 1.54) is 19.3 Å². The Bertz CT molecular complexity index is 921. The van der Waals surface area contributed by atoms with Crippen LogP contribution in [0.5, 0.6) is 0 Å². The Morgan fingerprint density at radius 1 is 1.15 bits per heavy atom. The van der Waals surface area contributed by atoms with Crippen LogP contribution in [0.3, 0.4) is 0 Å². The van der Waals surface area contributed by atoms with Crippen molar-refractivity contribution in [2.75, 3.05) is 25.5 Å². The molecule has 0 saturated heterocycles. The summed E-state index contributed by atoms with van der Waals surface area (Å²) in [4.78, 5) is 25.5. The zero-order valence-electron chi connectivity index (χ0n) is 18.6. The average Bonchev–Trinajstić information content (AvgIpc) is 2.81. The molecule has 178 valence electrons. The van der Waals surface area contributed by atoms with Crippen LogP contribution in [0.2, 0.25) is 10.0 Å². The number of rotatable bonds is 11. The van der Waals surface area contributed by atoms with E-state index in [0.717, 1.165) is 36.0 Å². The van der Waals surface area contributed by atoms with Gasteiger partial charge >= 0.3 is 5.97 Å². The summed E-state index contributed by atoms with van der Waals surface area (Å²) in [5.74, 6) is 0.120. The average molecular weight is 510 g/mol. The van der Waals surface area contributed by atoms with Gasteiger partial charge in [0.25, 0.3) is 0 Å². The Balaban J connectivity index is 1.54. The molecular weight excluding hydrogens is 481 g/mol. The summed E-state index contributed by atoms with van der Waals surface area (Å²) in [6.45, 7) is 0.800. The van der Waals surface area contributed by atoms with Gasteiger partial charge in [0, 0.05) is 28.8 Å². The summed E-state index contributed by atoms with van der Waals surface area (Å²) >= 11 is 13.6. The number of halogens is 2. The van der Waals surface area contributed by atoms with E-state index in [-0.39, 0.29) is 24.4 Å². The van der Waals surface area contributed by atoms with Gasteiger partial charge in [0.1, 0.15) is 6.61 Å². The maximum Gasteiger partial charge on any atom is 0.310 e. The highest BCUT2D eigenvalue weighted by Crippen LogP contribution is 2.35. The number of nitrogens with zero attached hydrogens (tertiary/aromatic N) is 2. The lowest BCUT2D eigenvalue weighted by molar-refractivity contribution is -0.143. The van der Waals surface area contributed by atoms with Crippen LogP contribution in [-0.2, 0) is 16.0 Å². The van der Waals surface area contributed by atoms with Gasteiger partial charge in [-0.25, -0.2) is 0 Å². The molecule has 33 heavy (non-hydrogen) atoms. The minimum absolute atomic E-state index is 0.0202. The van der Waals surface area contributed by atoms with Crippen LogP contribution in [0.15, 0.2) is 47.0 Å². The van der Waals surface area contributed by atoms with E-state index in [1.807, 2.05) is 31.3 Å². The van der Waals surface area contributed by atoms with Crippen LogP contribution in [0.25, 0.3) is 0 Å². The van der Waals surface area contributed by atoms with Crippen molar-refractivity contribution in [3.8, 4) is 0 Å². The van der Waals surface area contributed by atoms with Crippen molar-refractivity contribution in [2.45, 2.75) is 43.9 Å². The molecule has 0 amide bonds. The topological polar surface area (TPSA) is 71.0 Å². The molecule has 3 rings (SSSR count). The second-order valence-corrected chi connectivity index (χ2v) is 9.88. The van der Waals surface area contributed by atoms with Crippen LogP contribution in [0.4, 0.5) is 11.4 Å². The molecule has 1 atom stereocenters. The molecule has 0 aliphatic heterocycles. The number of esters is 1. The molecule has 9 heteroatoms. The number of anilines is 2. The number of nitrogens with one attached hydrogen (secondary N) is 1. The summed E-state index contributed by atoms with van der Waals surface area (Å²) in [6, 6.07) is 12.8. The Hall–Kier alpha value is -1.80. The highest BCUT2D eigenvalue weighted by molar-refractivity contribution is 7.98. The second kappa shape index (κ2) is 13.2. The number of hydrogen-bond acceptors (Lipinski definition) is 7. The normalized spacial score (nSPS) is 15.3. The first kappa shape index (κ1) is 25.8. The third-order valence-electron chi connectivity index (χ3n) is 5.92. The van der Waals surface area contributed by atoms with Crippen molar-refractivity contribution in [2.24, 2.45) is 10.5 Å². The summed E-state index contributed by atoms with van der Waals surface area (Å²) in [5.41, 5.74) is 2.12. The van der Waals surface area contributed by atoms with E-state index in [9.17, 15) is 9.70 Å². The molecular formula is C24H29Cl2N3O3S. The lowest BCUT2D eigenvalue weighted by atomic mass is 9.88. The predicted octanol–water partition coefficient (Wildman–Crippen LogP) is 7.08. The third kappa shape index (κ3) is 7.60. The number of ether oxygens (including phenoxy) is 1. The fourth-order valence-corrected chi connectivity index (χ4v) is 5.47. The Morgan fingerprint density at radius 2 is 1.85 bits per heavy atom. The van der Waals surface area contributed by atoms with Crippen molar-refractivity contribution in [3.63, 3.8) is 0 Å². The largest absolute Gasteiger partial charge is 0.464 e. The maximum absolute atomic E-state index is 12.5. The molecule has 0 aromatic heterocycles. The summed E-state index contributed by atoms with van der Waals surface area (Å²) in [7, 11) is 1.96. The van der Waals surface area contributed by atoms with Crippen LogP contribution in [0, 0.1) is 10.8 Å². The SMILES string of the molecule is CN(CCOC(=O)Cc1ccccc1Nc1c(Cl)cccc1Cl)C(SN=O)C1CCCCC1. The van der Waals surface area contributed by atoms with Gasteiger partial charge in [-0.15, -0.1) is 4.91 Å². The molecule has 1 N–H and O–H groups in total. The molecule has 1 aliphatic carbocycles. The van der Waals surface area contributed by atoms with E-state index in [4.69, 9.17) is 27.9 Å². The van der Waals surface area contributed by atoms with Crippen LogP contribution in [0.1, 0.15) is 37.7 Å². The fourth-order valence-electron chi connectivity index (χ4n) is 4.18. The molecule has 2 aromatic carbocycles. The number of benzene rings is 2. The van der Waals surface area contributed by atoms with Gasteiger partial charge < -0.3 is 10.1 Å². The predicted molar refractivity (Wildman–Crippen MR) is 137 cm³/mol. The first-order valence-corrected chi connectivity index (χ1v) is 12.7. The van der Waals surface area contributed by atoms with Gasteiger partial charge in [0.15, 0.2) is 0 Å². The highest BCUT2D eigenvalue weighted by atomic mass is 35.5. The third-order valence-corrected chi connectivity index (χ3v) is 7.60. The molecule has 1 saturated carbocycles. The maximum atomic E-state index is 12.5. The zero-order chi connectivity index (χ0) is 23.6. The number of para-hydroxylation sites is 2. The second-order valence-electron chi connectivity index (χ2n) is 8.23. The first-order chi connectivity index (χ1) is 16.0. The molecule has 0 heterocycles. The molecule has 1 aliphatic rings. The number of hydrogen-bond donors (Lipinski definition) is 1. The highest BCUT2D eigenvalue weighted by Gasteiger charge is 2.28. The van der Waals surface area contributed by atoms with Crippen molar-refractivity contribution in [1.29, 1.82) is 0 Å². The van der Waals surface area contributed by atoms with Gasteiger partial charge in [-0.3, -0.25) is 9.69 Å². The first-order valence-electron chi connectivity index (χ1n) is 11.1. The smallest absolute Gasteiger partial charge is 0.310 e. The number of carbonyl (C=O) groups excluding carboxylic acids is 1. The fraction of sp³-hybridized carbons (Fsp3) is 0.458. The molecule has 0 spiro atoms.